The Labute approximate surface area is 170 Å². The fourth-order valence-electron chi connectivity index (χ4n) is 3.59. The van der Waals surface area contributed by atoms with Crippen LogP contribution in [0.1, 0.15) is 53.8 Å². The van der Waals surface area contributed by atoms with E-state index in [2.05, 4.69) is 4.74 Å². The number of hydrogen-bond donors (Lipinski definition) is 0. The van der Waals surface area contributed by atoms with E-state index in [1.165, 1.54) is 7.11 Å². The molecule has 7 heteroatoms. The molecule has 1 aromatic carbocycles. The maximum absolute atomic E-state index is 13.1. The third kappa shape index (κ3) is 4.55. The summed E-state index contributed by atoms with van der Waals surface area (Å²) in [6.45, 7) is 0.483. The average molecular weight is 404 g/mol. The van der Waals surface area contributed by atoms with E-state index in [1.54, 1.807) is 11.9 Å². The lowest BCUT2D eigenvalue weighted by atomic mass is 10.1. The summed E-state index contributed by atoms with van der Waals surface area (Å²) in [5, 5.41) is 5.37. The van der Waals surface area contributed by atoms with Gasteiger partial charge in [-0.1, -0.05) is 18.0 Å². The zero-order valence-corrected chi connectivity index (χ0v) is 17.2. The number of carbonyl (C=O) groups excluding carboxylic acids is 2. The van der Waals surface area contributed by atoms with Crippen LogP contribution in [-0.4, -0.2) is 47.3 Å². The van der Waals surface area contributed by atoms with E-state index in [1.807, 2.05) is 28.9 Å². The van der Waals surface area contributed by atoms with E-state index in [4.69, 9.17) is 16.7 Å². The highest BCUT2D eigenvalue weighted by molar-refractivity contribution is 6.30. The molecule has 0 saturated carbocycles. The second-order valence-corrected chi connectivity index (χ2v) is 7.57. The Bertz CT molecular complexity index is 845. The number of methoxy groups -OCH3 is 1. The van der Waals surface area contributed by atoms with Crippen LogP contribution in [-0.2, 0) is 22.4 Å². The topological polar surface area (TPSA) is 64.4 Å². The van der Waals surface area contributed by atoms with Crippen LogP contribution in [0.3, 0.4) is 0 Å². The number of ether oxygens (including phenoxy) is 1. The lowest BCUT2D eigenvalue weighted by Gasteiger charge is -2.16. The van der Waals surface area contributed by atoms with Gasteiger partial charge in [0, 0.05) is 36.3 Å². The number of aromatic nitrogens is 2. The van der Waals surface area contributed by atoms with E-state index in [0.29, 0.717) is 30.1 Å². The molecule has 0 spiro atoms. The zero-order valence-electron chi connectivity index (χ0n) is 16.4. The van der Waals surface area contributed by atoms with Crippen molar-refractivity contribution in [3.05, 3.63) is 46.2 Å². The monoisotopic (exact) mass is 403 g/mol. The number of amides is 1. The number of hydrogen-bond acceptors (Lipinski definition) is 4. The standard InChI is InChI=1S/C21H26ClN3O3/c1-24(14-6-9-19(26)28-2)21(27)20-17-7-4-3-5-8-18(17)25(23-20)16-12-10-15(22)11-13-16/h10-13H,3-9,14H2,1-2H3. The van der Waals surface area contributed by atoms with Crippen LogP contribution in [0.5, 0.6) is 0 Å². The molecule has 28 heavy (non-hydrogen) atoms. The maximum atomic E-state index is 13.1. The molecule has 0 aliphatic heterocycles. The average Bonchev–Trinajstić information content (AvgIpc) is 2.88. The highest BCUT2D eigenvalue weighted by atomic mass is 35.5. The zero-order chi connectivity index (χ0) is 20.1. The summed E-state index contributed by atoms with van der Waals surface area (Å²) in [6, 6.07) is 7.52. The lowest BCUT2D eigenvalue weighted by Crippen LogP contribution is -2.29. The van der Waals surface area contributed by atoms with E-state index in [0.717, 1.165) is 49.0 Å². The first-order valence-electron chi connectivity index (χ1n) is 9.70. The van der Waals surface area contributed by atoms with Gasteiger partial charge in [0.1, 0.15) is 0 Å². The molecular formula is C21H26ClN3O3. The van der Waals surface area contributed by atoms with Crippen molar-refractivity contribution in [3.63, 3.8) is 0 Å². The third-order valence-corrected chi connectivity index (χ3v) is 5.40. The smallest absolute Gasteiger partial charge is 0.305 e. The Morgan fingerprint density at radius 2 is 1.89 bits per heavy atom. The first-order chi connectivity index (χ1) is 13.5. The van der Waals surface area contributed by atoms with E-state index >= 15 is 0 Å². The summed E-state index contributed by atoms with van der Waals surface area (Å²) in [6.07, 6.45) is 5.93. The molecule has 0 unspecified atom stereocenters. The molecule has 1 amide bonds. The summed E-state index contributed by atoms with van der Waals surface area (Å²) in [5.74, 6) is -0.363. The van der Waals surface area contributed by atoms with Crippen LogP contribution in [0.2, 0.25) is 5.02 Å². The normalized spacial score (nSPS) is 13.5. The molecule has 3 rings (SSSR count). The van der Waals surface area contributed by atoms with Crippen LogP contribution >= 0.6 is 11.6 Å². The third-order valence-electron chi connectivity index (χ3n) is 5.15. The van der Waals surface area contributed by atoms with Gasteiger partial charge in [-0.25, -0.2) is 4.68 Å². The predicted octanol–water partition coefficient (Wildman–Crippen LogP) is 3.82. The van der Waals surface area contributed by atoms with Gasteiger partial charge >= 0.3 is 5.97 Å². The number of fused-ring (bicyclic) bond motifs is 1. The van der Waals surface area contributed by atoms with Crippen molar-refractivity contribution in [3.8, 4) is 5.69 Å². The van der Waals surface area contributed by atoms with Gasteiger partial charge in [0.05, 0.1) is 12.8 Å². The molecule has 0 bridgehead atoms. The minimum absolute atomic E-state index is 0.101. The highest BCUT2D eigenvalue weighted by Gasteiger charge is 2.26. The second kappa shape index (κ2) is 9.24. The molecule has 0 fully saturated rings. The molecule has 0 atom stereocenters. The number of nitrogens with zero attached hydrogens (tertiary/aromatic N) is 3. The summed E-state index contributed by atoms with van der Waals surface area (Å²) in [5.41, 5.74) is 3.60. The van der Waals surface area contributed by atoms with E-state index < -0.39 is 0 Å². The van der Waals surface area contributed by atoms with Crippen molar-refractivity contribution < 1.29 is 14.3 Å². The van der Waals surface area contributed by atoms with Gasteiger partial charge in [-0.05, 0) is 56.4 Å². The van der Waals surface area contributed by atoms with Gasteiger partial charge in [-0.2, -0.15) is 5.10 Å². The van der Waals surface area contributed by atoms with Crippen molar-refractivity contribution in [1.29, 1.82) is 0 Å². The molecule has 6 nitrogen and oxygen atoms in total. The molecule has 1 heterocycles. The van der Waals surface area contributed by atoms with E-state index in [9.17, 15) is 9.59 Å². The molecule has 2 aromatic rings. The molecule has 1 aromatic heterocycles. The Kier molecular flexibility index (Phi) is 6.73. The first kappa shape index (κ1) is 20.4. The molecule has 150 valence electrons. The Hall–Kier alpha value is -2.34. The largest absolute Gasteiger partial charge is 0.469 e. The number of rotatable bonds is 6. The fourth-order valence-corrected chi connectivity index (χ4v) is 3.71. The Morgan fingerprint density at radius 3 is 2.61 bits per heavy atom. The highest BCUT2D eigenvalue weighted by Crippen LogP contribution is 2.27. The molecular weight excluding hydrogens is 378 g/mol. The maximum Gasteiger partial charge on any atom is 0.305 e. The van der Waals surface area contributed by atoms with Crippen LogP contribution in [0, 0.1) is 0 Å². The van der Waals surface area contributed by atoms with Crippen molar-refractivity contribution >= 4 is 23.5 Å². The fraction of sp³-hybridized carbons (Fsp3) is 0.476. The lowest BCUT2D eigenvalue weighted by molar-refractivity contribution is -0.140. The van der Waals surface area contributed by atoms with Gasteiger partial charge in [0.15, 0.2) is 5.69 Å². The first-order valence-corrected chi connectivity index (χ1v) is 10.1. The summed E-state index contributed by atoms with van der Waals surface area (Å²) < 4.78 is 6.55. The van der Waals surface area contributed by atoms with Crippen LogP contribution < -0.4 is 0 Å². The van der Waals surface area contributed by atoms with E-state index in [-0.39, 0.29) is 11.9 Å². The molecule has 0 radical (unpaired) electrons. The number of carbonyl (C=O) groups is 2. The minimum atomic E-state index is -0.262. The van der Waals surface area contributed by atoms with Crippen LogP contribution in [0.25, 0.3) is 5.69 Å². The summed E-state index contributed by atoms with van der Waals surface area (Å²) in [4.78, 5) is 26.0. The predicted molar refractivity (Wildman–Crippen MR) is 108 cm³/mol. The Balaban J connectivity index is 1.87. The quantitative estimate of drug-likeness (QED) is 0.543. The number of halogens is 1. The van der Waals surface area contributed by atoms with Crippen molar-refractivity contribution in [1.82, 2.24) is 14.7 Å². The summed E-state index contributed by atoms with van der Waals surface area (Å²) in [7, 11) is 3.12. The second-order valence-electron chi connectivity index (χ2n) is 7.13. The molecule has 0 saturated heterocycles. The van der Waals surface area contributed by atoms with Crippen molar-refractivity contribution in [2.24, 2.45) is 0 Å². The number of esters is 1. The van der Waals surface area contributed by atoms with Crippen LogP contribution in [0.15, 0.2) is 24.3 Å². The van der Waals surface area contributed by atoms with Gasteiger partial charge < -0.3 is 9.64 Å². The molecule has 1 aliphatic carbocycles. The van der Waals surface area contributed by atoms with Crippen molar-refractivity contribution in [2.75, 3.05) is 20.7 Å². The van der Waals surface area contributed by atoms with Crippen LogP contribution in [0.4, 0.5) is 0 Å². The van der Waals surface area contributed by atoms with Gasteiger partial charge in [-0.3, -0.25) is 9.59 Å². The van der Waals surface area contributed by atoms with Gasteiger partial charge in [-0.15, -0.1) is 0 Å². The molecule has 0 N–H and O–H groups in total. The number of benzene rings is 1. The SMILES string of the molecule is COC(=O)CCCN(C)C(=O)c1nn(-c2ccc(Cl)cc2)c2c1CCCCC2. The molecule has 1 aliphatic rings. The Morgan fingerprint density at radius 1 is 1.18 bits per heavy atom. The van der Waals surface area contributed by atoms with Gasteiger partial charge in [0.2, 0.25) is 0 Å². The van der Waals surface area contributed by atoms with Gasteiger partial charge in [0.25, 0.3) is 5.91 Å². The minimum Gasteiger partial charge on any atom is -0.469 e. The van der Waals surface area contributed by atoms with Crippen molar-refractivity contribution in [2.45, 2.75) is 44.9 Å². The summed E-state index contributed by atoms with van der Waals surface area (Å²) >= 11 is 6.02.